The van der Waals surface area contributed by atoms with Gasteiger partial charge in [-0.25, -0.2) is 9.96 Å². The summed E-state index contributed by atoms with van der Waals surface area (Å²) < 4.78 is 22.1. The van der Waals surface area contributed by atoms with Crippen molar-refractivity contribution in [3.8, 4) is 23.0 Å². The van der Waals surface area contributed by atoms with E-state index in [9.17, 15) is 9.59 Å². The molecule has 3 atom stereocenters. The first-order valence-electron chi connectivity index (χ1n) is 11.4. The summed E-state index contributed by atoms with van der Waals surface area (Å²) in [4.78, 5) is 34.9. The number of carbonyl (C=O) groups is 2. The fraction of sp³-hybridized carbons (Fsp3) is 0.259. The molecule has 186 valence electrons. The van der Waals surface area contributed by atoms with Gasteiger partial charge in [-0.2, -0.15) is 0 Å². The van der Waals surface area contributed by atoms with Crippen LogP contribution in [0.25, 0.3) is 0 Å². The highest BCUT2D eigenvalue weighted by atomic mass is 16.7. The summed E-state index contributed by atoms with van der Waals surface area (Å²) in [6.07, 6.45) is -1.02. The van der Waals surface area contributed by atoms with Gasteiger partial charge in [0.15, 0.2) is 17.6 Å². The molecule has 0 bridgehead atoms. The number of fused-ring (bicyclic) bond motifs is 1. The normalized spacial score (nSPS) is 20.9. The fourth-order valence-electron chi connectivity index (χ4n) is 4.89. The van der Waals surface area contributed by atoms with Crippen molar-refractivity contribution in [2.45, 2.75) is 12.1 Å². The molecule has 0 N–H and O–H groups in total. The van der Waals surface area contributed by atoms with E-state index in [-0.39, 0.29) is 5.91 Å². The van der Waals surface area contributed by atoms with Crippen LogP contribution in [0.2, 0.25) is 0 Å². The number of ether oxygens (including phenoxy) is 4. The van der Waals surface area contributed by atoms with Gasteiger partial charge in [0.2, 0.25) is 11.7 Å². The van der Waals surface area contributed by atoms with Crippen LogP contribution in [0.5, 0.6) is 23.0 Å². The molecule has 0 unspecified atom stereocenters. The van der Waals surface area contributed by atoms with Crippen LogP contribution in [-0.2, 0) is 14.4 Å². The number of imide groups is 1. The van der Waals surface area contributed by atoms with E-state index in [0.717, 1.165) is 0 Å². The summed E-state index contributed by atoms with van der Waals surface area (Å²) in [5, 5.41) is 1.61. The van der Waals surface area contributed by atoms with E-state index in [1.165, 1.54) is 33.3 Å². The van der Waals surface area contributed by atoms with Crippen LogP contribution in [0.1, 0.15) is 11.6 Å². The van der Waals surface area contributed by atoms with Crippen molar-refractivity contribution in [2.24, 2.45) is 5.92 Å². The largest absolute Gasteiger partial charge is 0.497 e. The molecule has 0 aromatic heterocycles. The van der Waals surface area contributed by atoms with Gasteiger partial charge in [0.05, 0.1) is 39.8 Å². The molecule has 2 saturated heterocycles. The zero-order chi connectivity index (χ0) is 25.4. The first kappa shape index (κ1) is 23.5. The molecule has 2 amide bonds. The molecule has 9 nitrogen and oxygen atoms in total. The van der Waals surface area contributed by atoms with E-state index in [1.807, 2.05) is 30.3 Å². The minimum Gasteiger partial charge on any atom is -0.497 e. The summed E-state index contributed by atoms with van der Waals surface area (Å²) in [6.45, 7) is 0. The highest BCUT2D eigenvalue weighted by Crippen LogP contribution is 2.52. The lowest BCUT2D eigenvalue weighted by Gasteiger charge is -2.30. The van der Waals surface area contributed by atoms with Crippen LogP contribution in [0.15, 0.2) is 66.7 Å². The number of anilines is 2. The number of amides is 2. The van der Waals surface area contributed by atoms with Gasteiger partial charge in [0.1, 0.15) is 17.7 Å². The number of hydrogen-bond acceptors (Lipinski definition) is 8. The van der Waals surface area contributed by atoms with Crippen LogP contribution >= 0.6 is 0 Å². The van der Waals surface area contributed by atoms with Crippen molar-refractivity contribution >= 4 is 23.2 Å². The molecule has 2 fully saturated rings. The third-order valence-corrected chi connectivity index (χ3v) is 6.49. The lowest BCUT2D eigenvalue weighted by atomic mass is 9.89. The topological polar surface area (TPSA) is 86.8 Å². The minimum atomic E-state index is -1.02. The molecule has 2 aliphatic heterocycles. The second-order valence-corrected chi connectivity index (χ2v) is 8.29. The van der Waals surface area contributed by atoms with E-state index in [2.05, 4.69) is 0 Å². The third-order valence-electron chi connectivity index (χ3n) is 6.49. The Morgan fingerprint density at radius 2 is 1.44 bits per heavy atom. The van der Waals surface area contributed by atoms with Crippen molar-refractivity contribution in [3.05, 3.63) is 72.3 Å². The Bertz CT molecular complexity index is 1300. The number of nitrogens with zero attached hydrogens (tertiary/aromatic N) is 2. The van der Waals surface area contributed by atoms with E-state index in [4.69, 9.17) is 23.8 Å². The average Bonchev–Trinajstić information content (AvgIpc) is 3.43. The maximum atomic E-state index is 13.9. The van der Waals surface area contributed by atoms with Crippen LogP contribution in [0.4, 0.5) is 11.4 Å². The monoisotopic (exact) mass is 490 g/mol. The minimum absolute atomic E-state index is 0.376. The summed E-state index contributed by atoms with van der Waals surface area (Å²) in [5.41, 5.74) is 1.74. The lowest BCUT2D eigenvalue weighted by Crippen LogP contribution is -2.37. The zero-order valence-corrected chi connectivity index (χ0v) is 20.3. The van der Waals surface area contributed by atoms with Gasteiger partial charge in [0.25, 0.3) is 5.91 Å². The van der Waals surface area contributed by atoms with Gasteiger partial charge in [0, 0.05) is 11.6 Å². The zero-order valence-electron chi connectivity index (χ0n) is 20.3. The first-order chi connectivity index (χ1) is 17.5. The summed E-state index contributed by atoms with van der Waals surface area (Å²) >= 11 is 0. The molecule has 5 rings (SSSR count). The predicted molar refractivity (Wildman–Crippen MR) is 132 cm³/mol. The Balaban J connectivity index is 1.65. The number of hydrogen-bond donors (Lipinski definition) is 0. The van der Waals surface area contributed by atoms with E-state index in [1.54, 1.807) is 41.5 Å². The second kappa shape index (κ2) is 9.43. The Kier molecular flexibility index (Phi) is 6.15. The number of rotatable bonds is 7. The maximum absolute atomic E-state index is 13.9. The van der Waals surface area contributed by atoms with Gasteiger partial charge >= 0.3 is 0 Å². The number of hydroxylamine groups is 1. The molecule has 3 aromatic rings. The molecule has 36 heavy (non-hydrogen) atoms. The standard InChI is InChI=1S/C27H26N2O7/c1-32-18-12-8-11-17(15-18)28-26(30)21-22(19-13-14-20(33-2)24(35-4)23(19)34-3)29(36-25(21)27(28)31)16-9-6-5-7-10-16/h5-15,21-22,25H,1-4H3/t21-,22+,25+/m0/s1. The number of carbonyl (C=O) groups excluding carboxylic acids is 2. The molecule has 2 heterocycles. The highest BCUT2D eigenvalue weighted by molar-refractivity contribution is 6.24. The van der Waals surface area contributed by atoms with Crippen LogP contribution in [-0.4, -0.2) is 46.4 Å². The van der Waals surface area contributed by atoms with Crippen LogP contribution in [0.3, 0.4) is 0 Å². The Morgan fingerprint density at radius 1 is 0.722 bits per heavy atom. The SMILES string of the molecule is COc1cccc(N2C(=O)[C@H]3[C@@H](c4ccc(OC)c(OC)c4OC)N(c4ccccc4)O[C@H]3C2=O)c1. The highest BCUT2D eigenvalue weighted by Gasteiger charge is 2.61. The predicted octanol–water partition coefficient (Wildman–Crippen LogP) is 3.77. The Labute approximate surface area is 208 Å². The number of methoxy groups -OCH3 is 4. The van der Waals surface area contributed by atoms with Crippen LogP contribution in [0, 0.1) is 5.92 Å². The quantitative estimate of drug-likeness (QED) is 0.463. The van der Waals surface area contributed by atoms with E-state index < -0.39 is 24.0 Å². The third kappa shape index (κ3) is 3.59. The van der Waals surface area contributed by atoms with Gasteiger partial charge in [-0.15, -0.1) is 0 Å². The summed E-state index contributed by atoms with van der Waals surface area (Å²) in [7, 11) is 6.10. The van der Waals surface area contributed by atoms with Gasteiger partial charge in [-0.1, -0.05) is 24.3 Å². The molecular formula is C27H26N2O7. The molecule has 0 aliphatic carbocycles. The molecule has 0 spiro atoms. The van der Waals surface area contributed by atoms with Gasteiger partial charge in [-0.05, 0) is 36.4 Å². The maximum Gasteiger partial charge on any atom is 0.266 e. The lowest BCUT2D eigenvalue weighted by molar-refractivity contribution is -0.126. The molecule has 9 heteroatoms. The first-order valence-corrected chi connectivity index (χ1v) is 11.4. The van der Waals surface area contributed by atoms with E-state index >= 15 is 0 Å². The Hall–Kier alpha value is -4.24. The van der Waals surface area contributed by atoms with Crippen molar-refractivity contribution in [1.29, 1.82) is 0 Å². The average molecular weight is 491 g/mol. The number of para-hydroxylation sites is 1. The molecule has 0 radical (unpaired) electrons. The summed E-state index contributed by atoms with van der Waals surface area (Å²) in [5.74, 6) is 0.139. The summed E-state index contributed by atoms with van der Waals surface area (Å²) in [6, 6.07) is 19.0. The fourth-order valence-corrected chi connectivity index (χ4v) is 4.89. The van der Waals surface area contributed by atoms with Crippen molar-refractivity contribution in [1.82, 2.24) is 0 Å². The number of benzene rings is 3. The molecule has 3 aromatic carbocycles. The van der Waals surface area contributed by atoms with Crippen LogP contribution < -0.4 is 28.9 Å². The second-order valence-electron chi connectivity index (χ2n) is 8.29. The molecule has 2 aliphatic rings. The van der Waals surface area contributed by atoms with Gasteiger partial charge in [-0.3, -0.25) is 14.4 Å². The van der Waals surface area contributed by atoms with Crippen molar-refractivity contribution < 1.29 is 33.4 Å². The molecule has 0 saturated carbocycles. The van der Waals surface area contributed by atoms with Crippen molar-refractivity contribution in [3.63, 3.8) is 0 Å². The van der Waals surface area contributed by atoms with Crippen molar-refractivity contribution in [2.75, 3.05) is 38.4 Å². The van der Waals surface area contributed by atoms with E-state index in [0.29, 0.717) is 39.9 Å². The Morgan fingerprint density at radius 3 is 2.11 bits per heavy atom. The van der Waals surface area contributed by atoms with Gasteiger partial charge < -0.3 is 18.9 Å². The smallest absolute Gasteiger partial charge is 0.266 e. The molecular weight excluding hydrogens is 464 g/mol.